The average Bonchev–Trinajstić information content (AvgIpc) is 2.25. The second-order valence-electron chi connectivity index (χ2n) is 4.69. The molecule has 0 aromatic heterocycles. The summed E-state index contributed by atoms with van der Waals surface area (Å²) >= 11 is 0. The number of amides is 1. The van der Waals surface area contributed by atoms with E-state index in [2.05, 4.69) is 0 Å². The molecule has 0 bridgehead atoms. The SMILES string of the molecule is COC(=O)[C@H]1CCCCN1C(=O)C1CCC1. The zero-order valence-electron chi connectivity index (χ0n) is 9.78. The summed E-state index contributed by atoms with van der Waals surface area (Å²) in [6, 6.07) is -0.327. The summed E-state index contributed by atoms with van der Waals surface area (Å²) in [4.78, 5) is 25.5. The van der Waals surface area contributed by atoms with Crippen molar-refractivity contribution in [1.82, 2.24) is 4.90 Å². The van der Waals surface area contributed by atoms with Crippen LogP contribution in [0, 0.1) is 5.92 Å². The summed E-state index contributed by atoms with van der Waals surface area (Å²) in [5.74, 6) is 0.0824. The van der Waals surface area contributed by atoms with Crippen LogP contribution < -0.4 is 0 Å². The van der Waals surface area contributed by atoms with Crippen LogP contribution in [-0.2, 0) is 14.3 Å². The molecule has 0 unspecified atom stereocenters. The number of carbonyl (C=O) groups excluding carboxylic acids is 2. The van der Waals surface area contributed by atoms with Crippen LogP contribution in [0.2, 0.25) is 0 Å². The maximum atomic E-state index is 12.1. The minimum absolute atomic E-state index is 0.168. The number of esters is 1. The molecule has 1 aliphatic heterocycles. The van der Waals surface area contributed by atoms with E-state index in [0.717, 1.165) is 45.1 Å². The molecule has 16 heavy (non-hydrogen) atoms. The average molecular weight is 225 g/mol. The van der Waals surface area contributed by atoms with Crippen molar-refractivity contribution < 1.29 is 14.3 Å². The van der Waals surface area contributed by atoms with Gasteiger partial charge in [-0.3, -0.25) is 4.79 Å². The van der Waals surface area contributed by atoms with Gasteiger partial charge in [0.1, 0.15) is 6.04 Å². The van der Waals surface area contributed by atoms with E-state index in [1.807, 2.05) is 0 Å². The van der Waals surface area contributed by atoms with E-state index in [1.54, 1.807) is 4.90 Å². The minimum atomic E-state index is -0.327. The van der Waals surface area contributed by atoms with Crippen molar-refractivity contribution >= 4 is 11.9 Å². The van der Waals surface area contributed by atoms with Gasteiger partial charge in [0.25, 0.3) is 0 Å². The Morgan fingerprint density at radius 2 is 1.88 bits per heavy atom. The Balaban J connectivity index is 2.03. The van der Waals surface area contributed by atoms with Gasteiger partial charge in [-0.25, -0.2) is 4.79 Å². The Morgan fingerprint density at radius 1 is 1.12 bits per heavy atom. The van der Waals surface area contributed by atoms with Gasteiger partial charge in [0, 0.05) is 12.5 Å². The van der Waals surface area contributed by atoms with Gasteiger partial charge in [-0.2, -0.15) is 0 Å². The lowest BCUT2D eigenvalue weighted by molar-refractivity contribution is -0.157. The lowest BCUT2D eigenvalue weighted by atomic mass is 9.83. The first-order valence-electron chi connectivity index (χ1n) is 6.12. The minimum Gasteiger partial charge on any atom is -0.467 e. The van der Waals surface area contributed by atoms with Crippen LogP contribution in [0.4, 0.5) is 0 Å². The number of piperidine rings is 1. The molecule has 2 fully saturated rings. The summed E-state index contributed by atoms with van der Waals surface area (Å²) in [6.07, 6.45) is 5.89. The molecule has 2 rings (SSSR count). The molecule has 0 N–H and O–H groups in total. The normalized spacial score (nSPS) is 26.1. The Kier molecular flexibility index (Phi) is 3.46. The first kappa shape index (κ1) is 11.4. The fraction of sp³-hybridized carbons (Fsp3) is 0.833. The van der Waals surface area contributed by atoms with E-state index in [4.69, 9.17) is 4.74 Å². The quantitative estimate of drug-likeness (QED) is 0.666. The lowest BCUT2D eigenvalue weighted by Gasteiger charge is -2.38. The van der Waals surface area contributed by atoms with Crippen molar-refractivity contribution in [2.75, 3.05) is 13.7 Å². The van der Waals surface area contributed by atoms with Crippen LogP contribution in [-0.4, -0.2) is 36.5 Å². The molecule has 90 valence electrons. The van der Waals surface area contributed by atoms with Crippen molar-refractivity contribution in [2.45, 2.75) is 44.6 Å². The van der Waals surface area contributed by atoms with E-state index >= 15 is 0 Å². The molecule has 4 nitrogen and oxygen atoms in total. The van der Waals surface area contributed by atoms with Gasteiger partial charge in [-0.15, -0.1) is 0 Å². The molecule has 0 spiro atoms. The Labute approximate surface area is 95.9 Å². The molecule has 1 atom stereocenters. The lowest BCUT2D eigenvalue weighted by Crippen LogP contribution is -2.51. The molecular weight excluding hydrogens is 206 g/mol. The van der Waals surface area contributed by atoms with Gasteiger partial charge in [0.15, 0.2) is 0 Å². The highest BCUT2D eigenvalue weighted by molar-refractivity contribution is 5.86. The molecule has 2 aliphatic rings. The third-order valence-electron chi connectivity index (χ3n) is 3.71. The molecular formula is C12H19NO3. The summed E-state index contributed by atoms with van der Waals surface area (Å²) in [5, 5.41) is 0. The molecule has 0 aromatic rings. The van der Waals surface area contributed by atoms with Crippen LogP contribution in [0.25, 0.3) is 0 Å². The standard InChI is InChI=1S/C12H19NO3/c1-16-12(15)10-7-2-3-8-13(10)11(14)9-5-4-6-9/h9-10H,2-8H2,1H3/t10-/m1/s1. The number of nitrogens with zero attached hydrogens (tertiary/aromatic N) is 1. The highest BCUT2D eigenvalue weighted by Crippen LogP contribution is 2.31. The number of rotatable bonds is 2. The molecule has 0 aromatic carbocycles. The summed E-state index contributed by atoms with van der Waals surface area (Å²) in [6.45, 7) is 0.717. The van der Waals surface area contributed by atoms with Crippen LogP contribution in [0.3, 0.4) is 0 Å². The summed E-state index contributed by atoms with van der Waals surface area (Å²) < 4.78 is 4.77. The van der Waals surface area contributed by atoms with Crippen LogP contribution in [0.5, 0.6) is 0 Å². The highest BCUT2D eigenvalue weighted by Gasteiger charge is 2.37. The number of hydrogen-bond donors (Lipinski definition) is 0. The van der Waals surface area contributed by atoms with E-state index in [-0.39, 0.29) is 23.8 Å². The summed E-state index contributed by atoms with van der Waals surface area (Å²) in [7, 11) is 1.39. The van der Waals surface area contributed by atoms with Crippen LogP contribution in [0.15, 0.2) is 0 Å². The van der Waals surface area contributed by atoms with Gasteiger partial charge in [-0.05, 0) is 32.1 Å². The van der Waals surface area contributed by atoms with Gasteiger partial charge in [0.2, 0.25) is 5.91 Å². The maximum Gasteiger partial charge on any atom is 0.328 e. The van der Waals surface area contributed by atoms with Gasteiger partial charge < -0.3 is 9.64 Å². The second-order valence-corrected chi connectivity index (χ2v) is 4.69. The Morgan fingerprint density at radius 3 is 2.44 bits per heavy atom. The monoisotopic (exact) mass is 225 g/mol. The first-order valence-corrected chi connectivity index (χ1v) is 6.12. The molecule has 1 amide bonds. The topological polar surface area (TPSA) is 46.6 Å². The van der Waals surface area contributed by atoms with E-state index in [1.165, 1.54) is 7.11 Å². The number of hydrogen-bond acceptors (Lipinski definition) is 3. The number of likely N-dealkylation sites (tertiary alicyclic amines) is 1. The van der Waals surface area contributed by atoms with Crippen molar-refractivity contribution in [3.05, 3.63) is 0 Å². The van der Waals surface area contributed by atoms with Crippen LogP contribution in [0.1, 0.15) is 38.5 Å². The van der Waals surface area contributed by atoms with Crippen molar-refractivity contribution in [2.24, 2.45) is 5.92 Å². The van der Waals surface area contributed by atoms with Crippen molar-refractivity contribution in [3.63, 3.8) is 0 Å². The smallest absolute Gasteiger partial charge is 0.328 e. The third kappa shape index (κ3) is 2.06. The molecule has 0 radical (unpaired) electrons. The molecule has 1 heterocycles. The van der Waals surface area contributed by atoms with E-state index < -0.39 is 0 Å². The van der Waals surface area contributed by atoms with Crippen LogP contribution >= 0.6 is 0 Å². The van der Waals surface area contributed by atoms with Gasteiger partial charge in [-0.1, -0.05) is 6.42 Å². The second kappa shape index (κ2) is 4.85. The van der Waals surface area contributed by atoms with Crippen molar-refractivity contribution in [3.8, 4) is 0 Å². The third-order valence-corrected chi connectivity index (χ3v) is 3.71. The fourth-order valence-electron chi connectivity index (χ4n) is 2.47. The number of ether oxygens (including phenoxy) is 1. The molecule has 1 aliphatic carbocycles. The molecule has 1 saturated heterocycles. The number of carbonyl (C=O) groups is 2. The maximum absolute atomic E-state index is 12.1. The largest absolute Gasteiger partial charge is 0.467 e. The fourth-order valence-corrected chi connectivity index (χ4v) is 2.47. The summed E-state index contributed by atoms with van der Waals surface area (Å²) in [5.41, 5.74) is 0. The molecule has 4 heteroatoms. The zero-order chi connectivity index (χ0) is 11.5. The van der Waals surface area contributed by atoms with E-state index in [9.17, 15) is 9.59 Å². The van der Waals surface area contributed by atoms with Crippen molar-refractivity contribution in [1.29, 1.82) is 0 Å². The highest BCUT2D eigenvalue weighted by atomic mass is 16.5. The Hall–Kier alpha value is -1.06. The van der Waals surface area contributed by atoms with Gasteiger partial charge in [0.05, 0.1) is 7.11 Å². The predicted molar refractivity (Wildman–Crippen MR) is 58.7 cm³/mol. The zero-order valence-corrected chi connectivity index (χ0v) is 9.78. The predicted octanol–water partition coefficient (Wildman–Crippen LogP) is 1.34. The van der Waals surface area contributed by atoms with E-state index in [0.29, 0.717) is 0 Å². The number of methoxy groups -OCH3 is 1. The first-order chi connectivity index (χ1) is 7.74. The molecule has 1 saturated carbocycles. The van der Waals surface area contributed by atoms with Gasteiger partial charge >= 0.3 is 5.97 Å². The Bertz CT molecular complexity index is 286.